The molecule has 1 aromatic carbocycles. The molecule has 0 amide bonds. The van der Waals surface area contributed by atoms with Crippen LogP contribution in [0.1, 0.15) is 13.8 Å². The van der Waals surface area contributed by atoms with Crippen LogP contribution in [0.15, 0.2) is 29.2 Å². The number of hydrogen-bond donors (Lipinski definition) is 2. The van der Waals surface area contributed by atoms with Crippen molar-refractivity contribution in [2.24, 2.45) is 5.73 Å². The minimum atomic E-state index is -3.41. The van der Waals surface area contributed by atoms with Gasteiger partial charge in [-0.3, -0.25) is 4.79 Å². The Labute approximate surface area is 133 Å². The van der Waals surface area contributed by atoms with Gasteiger partial charge in [-0.2, -0.15) is 11.8 Å². The van der Waals surface area contributed by atoms with Gasteiger partial charge in [-0.1, -0.05) is 11.6 Å². The summed E-state index contributed by atoms with van der Waals surface area (Å²) < 4.78 is 23.5. The molecule has 0 saturated carbocycles. The van der Waals surface area contributed by atoms with Crippen LogP contribution >= 0.6 is 23.4 Å². The van der Waals surface area contributed by atoms with E-state index in [1.54, 1.807) is 13.8 Å². The molecule has 0 bridgehead atoms. The van der Waals surface area contributed by atoms with Crippen LogP contribution in [0.4, 0.5) is 0 Å². The second kappa shape index (κ2) is 7.00. The number of carbonyl (C=O) groups is 1. The van der Waals surface area contributed by atoms with Crippen LogP contribution < -0.4 is 5.73 Å². The number of hydrogen-bond acceptors (Lipinski definition) is 5. The number of carboxylic acid groups (broad SMARTS) is 1. The molecule has 8 heteroatoms. The van der Waals surface area contributed by atoms with Crippen molar-refractivity contribution in [1.82, 2.24) is 0 Å². The largest absolute Gasteiger partial charge is 0.480 e. The van der Waals surface area contributed by atoms with E-state index in [4.69, 9.17) is 22.4 Å². The first-order valence-electron chi connectivity index (χ1n) is 6.17. The predicted molar refractivity (Wildman–Crippen MR) is 85.7 cm³/mol. The highest BCUT2D eigenvalue weighted by Gasteiger charge is 2.32. The molecule has 21 heavy (non-hydrogen) atoms. The summed E-state index contributed by atoms with van der Waals surface area (Å²) in [4.78, 5) is 11.1. The van der Waals surface area contributed by atoms with E-state index in [-0.39, 0.29) is 16.4 Å². The van der Waals surface area contributed by atoms with Gasteiger partial charge in [0.15, 0.2) is 9.84 Å². The fraction of sp³-hybridized carbons (Fsp3) is 0.462. The van der Waals surface area contributed by atoms with Crippen LogP contribution in [-0.4, -0.2) is 41.8 Å². The molecule has 0 fully saturated rings. The standard InChI is InChI=1S/C13H18ClNO4S2/c1-13(2,11(15)12(16)17)20-7-8-21(18,19)10-5-3-9(14)4-6-10/h3-6,11H,7-8,15H2,1-2H3,(H,16,17)/t11-/m0/s1. The van der Waals surface area contributed by atoms with Gasteiger partial charge in [0.1, 0.15) is 6.04 Å². The van der Waals surface area contributed by atoms with Crippen molar-refractivity contribution in [3.05, 3.63) is 29.3 Å². The Morgan fingerprint density at radius 1 is 1.38 bits per heavy atom. The van der Waals surface area contributed by atoms with Gasteiger partial charge in [-0.25, -0.2) is 8.42 Å². The molecule has 0 aliphatic rings. The first-order valence-corrected chi connectivity index (χ1v) is 9.18. The maximum Gasteiger partial charge on any atom is 0.321 e. The van der Waals surface area contributed by atoms with Crippen molar-refractivity contribution < 1.29 is 18.3 Å². The number of sulfone groups is 1. The molecule has 0 aliphatic heterocycles. The van der Waals surface area contributed by atoms with Crippen molar-refractivity contribution >= 4 is 39.2 Å². The molecule has 3 N–H and O–H groups in total. The van der Waals surface area contributed by atoms with Gasteiger partial charge >= 0.3 is 5.97 Å². The highest BCUT2D eigenvalue weighted by molar-refractivity contribution is 8.01. The summed E-state index contributed by atoms with van der Waals surface area (Å²) in [5, 5.41) is 9.38. The van der Waals surface area contributed by atoms with Crippen molar-refractivity contribution in [2.45, 2.75) is 29.5 Å². The summed E-state index contributed by atoms with van der Waals surface area (Å²) in [6, 6.07) is 4.89. The molecule has 0 aliphatic carbocycles. The average Bonchev–Trinajstić information content (AvgIpc) is 2.37. The molecule has 1 atom stereocenters. The first kappa shape index (κ1) is 18.3. The Hall–Kier alpha value is -0.760. The molecule has 0 radical (unpaired) electrons. The molecular weight excluding hydrogens is 334 g/mol. The summed E-state index contributed by atoms with van der Waals surface area (Å²) in [6.45, 7) is 3.37. The smallest absolute Gasteiger partial charge is 0.321 e. The molecule has 118 valence electrons. The van der Waals surface area contributed by atoms with Gasteiger partial charge in [0, 0.05) is 15.5 Å². The van der Waals surface area contributed by atoms with E-state index in [1.807, 2.05) is 0 Å². The predicted octanol–water partition coefficient (Wildman–Crippen LogP) is 2.04. The highest BCUT2D eigenvalue weighted by Crippen LogP contribution is 2.28. The van der Waals surface area contributed by atoms with Crippen LogP contribution in [0.2, 0.25) is 5.02 Å². The summed E-state index contributed by atoms with van der Waals surface area (Å²) in [5.41, 5.74) is 5.59. The van der Waals surface area contributed by atoms with Crippen LogP contribution in [-0.2, 0) is 14.6 Å². The monoisotopic (exact) mass is 351 g/mol. The normalized spacial score (nSPS) is 13.9. The zero-order valence-electron chi connectivity index (χ0n) is 11.7. The average molecular weight is 352 g/mol. The maximum absolute atomic E-state index is 12.1. The van der Waals surface area contributed by atoms with Crippen molar-refractivity contribution in [1.29, 1.82) is 0 Å². The van der Waals surface area contributed by atoms with Crippen molar-refractivity contribution in [3.8, 4) is 0 Å². The van der Waals surface area contributed by atoms with E-state index in [2.05, 4.69) is 0 Å². The molecule has 1 rings (SSSR count). The van der Waals surface area contributed by atoms with Crippen molar-refractivity contribution in [3.63, 3.8) is 0 Å². The minimum absolute atomic E-state index is 0.0882. The van der Waals surface area contributed by atoms with Gasteiger partial charge in [-0.15, -0.1) is 0 Å². The van der Waals surface area contributed by atoms with Gasteiger partial charge in [0.25, 0.3) is 0 Å². The maximum atomic E-state index is 12.1. The third-order valence-electron chi connectivity index (χ3n) is 3.01. The number of carboxylic acids is 1. The fourth-order valence-electron chi connectivity index (χ4n) is 1.56. The van der Waals surface area contributed by atoms with E-state index in [9.17, 15) is 13.2 Å². The fourth-order valence-corrected chi connectivity index (χ4v) is 4.49. The van der Waals surface area contributed by atoms with Gasteiger partial charge in [0.05, 0.1) is 10.6 Å². The molecule has 0 heterocycles. The summed E-state index contributed by atoms with van der Waals surface area (Å²) in [6.07, 6.45) is 0. The first-order chi connectivity index (χ1) is 9.56. The lowest BCUT2D eigenvalue weighted by Crippen LogP contribution is -2.47. The Morgan fingerprint density at radius 2 is 1.90 bits per heavy atom. The number of aliphatic carboxylic acids is 1. The highest BCUT2D eigenvalue weighted by atomic mass is 35.5. The van der Waals surface area contributed by atoms with E-state index >= 15 is 0 Å². The molecule has 0 aromatic heterocycles. The lowest BCUT2D eigenvalue weighted by atomic mass is 10.1. The molecule has 5 nitrogen and oxygen atoms in total. The van der Waals surface area contributed by atoms with Crippen LogP contribution in [0.3, 0.4) is 0 Å². The lowest BCUT2D eigenvalue weighted by Gasteiger charge is -2.27. The van der Waals surface area contributed by atoms with Gasteiger partial charge < -0.3 is 10.8 Å². The van der Waals surface area contributed by atoms with Crippen LogP contribution in [0, 0.1) is 0 Å². The zero-order valence-corrected chi connectivity index (χ0v) is 14.1. The van der Waals surface area contributed by atoms with Gasteiger partial charge in [0.2, 0.25) is 0 Å². The Kier molecular flexibility index (Phi) is 6.10. The van der Waals surface area contributed by atoms with Crippen LogP contribution in [0.25, 0.3) is 0 Å². The second-order valence-corrected chi connectivity index (χ2v) is 9.34. The summed E-state index contributed by atoms with van der Waals surface area (Å²) in [5.74, 6) is -0.929. The third-order valence-corrected chi connectivity index (χ3v) is 6.66. The lowest BCUT2D eigenvalue weighted by molar-refractivity contribution is -0.139. The van der Waals surface area contributed by atoms with E-state index in [0.29, 0.717) is 5.02 Å². The molecular formula is C13H18ClNO4S2. The van der Waals surface area contributed by atoms with Gasteiger partial charge in [-0.05, 0) is 38.1 Å². The van der Waals surface area contributed by atoms with Crippen molar-refractivity contribution in [2.75, 3.05) is 11.5 Å². The number of rotatable bonds is 7. The number of nitrogens with two attached hydrogens (primary N) is 1. The summed E-state index contributed by atoms with van der Waals surface area (Å²) in [7, 11) is -3.41. The van der Waals surface area contributed by atoms with E-state index in [1.165, 1.54) is 36.0 Å². The Morgan fingerprint density at radius 3 is 2.38 bits per heavy atom. The third kappa shape index (κ3) is 5.18. The SMILES string of the molecule is CC(C)(SCCS(=O)(=O)c1ccc(Cl)cc1)[C@@H](N)C(=O)O. The Balaban J connectivity index is 2.66. The second-order valence-electron chi connectivity index (χ2n) is 5.04. The van der Waals surface area contributed by atoms with Crippen LogP contribution in [0.5, 0.6) is 0 Å². The number of benzene rings is 1. The molecule has 0 spiro atoms. The summed E-state index contributed by atoms with van der Waals surface area (Å²) >= 11 is 6.95. The zero-order chi connectivity index (χ0) is 16.3. The Bertz CT molecular complexity index is 599. The topological polar surface area (TPSA) is 97.5 Å². The molecule has 0 saturated heterocycles. The quantitative estimate of drug-likeness (QED) is 0.780. The molecule has 1 aromatic rings. The number of halogens is 1. The van der Waals surface area contributed by atoms with E-state index < -0.39 is 26.6 Å². The minimum Gasteiger partial charge on any atom is -0.480 e. The van der Waals surface area contributed by atoms with E-state index in [0.717, 1.165) is 0 Å². The molecule has 0 unspecified atom stereocenters. The number of thioether (sulfide) groups is 1.